The van der Waals surface area contributed by atoms with Gasteiger partial charge in [0, 0.05) is 18.8 Å². The first-order valence-corrected chi connectivity index (χ1v) is 7.53. The monoisotopic (exact) mass is 288 g/mol. The Labute approximate surface area is 122 Å². The number of rotatable bonds is 4. The van der Waals surface area contributed by atoms with Crippen LogP contribution in [0.1, 0.15) is 12.5 Å². The molecule has 0 bridgehead atoms. The lowest BCUT2D eigenvalue weighted by atomic mass is 10.2. The molecule has 2 aromatic rings. The van der Waals surface area contributed by atoms with Crippen LogP contribution in [0.2, 0.25) is 0 Å². The Morgan fingerprint density at radius 2 is 2.00 bits per heavy atom. The molecule has 1 aliphatic heterocycles. The molecule has 0 radical (unpaired) electrons. The first-order chi connectivity index (χ1) is 9.65. The number of aromatic nitrogens is 3. The van der Waals surface area contributed by atoms with Crippen molar-refractivity contribution in [3.8, 4) is 0 Å². The van der Waals surface area contributed by atoms with Gasteiger partial charge in [-0.3, -0.25) is 9.36 Å². The average molecular weight is 288 g/mol. The van der Waals surface area contributed by atoms with Crippen LogP contribution in [0, 0.1) is 6.92 Å². The summed E-state index contributed by atoms with van der Waals surface area (Å²) >= 11 is 1.45. The number of carbonyl (C=O) groups is 1. The van der Waals surface area contributed by atoms with E-state index < -0.39 is 0 Å². The summed E-state index contributed by atoms with van der Waals surface area (Å²) < 4.78 is 2.08. The third-order valence-electron chi connectivity index (χ3n) is 3.24. The van der Waals surface area contributed by atoms with Crippen LogP contribution in [0.4, 0.5) is 11.6 Å². The number of carbonyl (C=O) groups excluding carboxylic acids is 1. The molecule has 0 atom stereocenters. The SMILES string of the molecule is CC(=O)CSc1nnc2n1CCN2c1ccc(C)cc1. The lowest BCUT2D eigenvalue weighted by Gasteiger charge is -2.15. The topological polar surface area (TPSA) is 51.0 Å². The van der Waals surface area contributed by atoms with E-state index in [4.69, 9.17) is 0 Å². The smallest absolute Gasteiger partial charge is 0.232 e. The summed E-state index contributed by atoms with van der Waals surface area (Å²) in [7, 11) is 0. The zero-order valence-electron chi connectivity index (χ0n) is 11.5. The van der Waals surface area contributed by atoms with Crippen molar-refractivity contribution >= 4 is 29.2 Å². The zero-order chi connectivity index (χ0) is 14.1. The highest BCUT2D eigenvalue weighted by atomic mass is 32.2. The first kappa shape index (κ1) is 13.2. The van der Waals surface area contributed by atoms with Gasteiger partial charge in [0.1, 0.15) is 5.78 Å². The van der Waals surface area contributed by atoms with Crippen LogP contribution < -0.4 is 4.90 Å². The maximum absolute atomic E-state index is 11.1. The summed E-state index contributed by atoms with van der Waals surface area (Å²) in [5, 5.41) is 9.27. The molecule has 0 saturated carbocycles. The molecule has 0 unspecified atom stereocenters. The second kappa shape index (κ2) is 5.28. The number of benzene rings is 1. The average Bonchev–Trinajstić information content (AvgIpc) is 2.99. The number of Topliss-reactive ketones (excluding diaryl/α,β-unsaturated/α-hetero) is 1. The van der Waals surface area contributed by atoms with Gasteiger partial charge in [-0.2, -0.15) is 0 Å². The molecule has 0 amide bonds. The van der Waals surface area contributed by atoms with Gasteiger partial charge in [0.05, 0.1) is 5.75 Å². The number of anilines is 2. The predicted molar refractivity (Wildman–Crippen MR) is 79.6 cm³/mol. The number of hydrogen-bond acceptors (Lipinski definition) is 5. The summed E-state index contributed by atoms with van der Waals surface area (Å²) in [4.78, 5) is 13.2. The molecular weight excluding hydrogens is 272 g/mol. The van der Waals surface area contributed by atoms with Gasteiger partial charge < -0.3 is 4.90 Å². The number of nitrogens with zero attached hydrogens (tertiary/aromatic N) is 4. The molecule has 1 aromatic carbocycles. The second-order valence-electron chi connectivity index (χ2n) is 4.91. The fourth-order valence-corrected chi connectivity index (χ4v) is 2.98. The van der Waals surface area contributed by atoms with Crippen molar-refractivity contribution in [2.24, 2.45) is 0 Å². The molecule has 0 aliphatic carbocycles. The van der Waals surface area contributed by atoms with Crippen LogP contribution >= 0.6 is 11.8 Å². The minimum Gasteiger partial charge on any atom is -0.309 e. The van der Waals surface area contributed by atoms with Crippen LogP contribution in [-0.4, -0.2) is 32.8 Å². The first-order valence-electron chi connectivity index (χ1n) is 6.55. The molecule has 20 heavy (non-hydrogen) atoms. The Kier molecular flexibility index (Phi) is 3.48. The molecule has 0 spiro atoms. The zero-order valence-corrected chi connectivity index (χ0v) is 12.4. The van der Waals surface area contributed by atoms with E-state index >= 15 is 0 Å². The van der Waals surface area contributed by atoms with Crippen LogP contribution in [0.15, 0.2) is 29.4 Å². The van der Waals surface area contributed by atoms with Crippen molar-refractivity contribution in [3.05, 3.63) is 29.8 Å². The van der Waals surface area contributed by atoms with Crippen LogP contribution in [-0.2, 0) is 11.3 Å². The van der Waals surface area contributed by atoms with E-state index in [0.29, 0.717) is 5.75 Å². The fourth-order valence-electron chi connectivity index (χ4n) is 2.22. The molecule has 0 saturated heterocycles. The van der Waals surface area contributed by atoms with Gasteiger partial charge in [-0.15, -0.1) is 10.2 Å². The minimum atomic E-state index is 0.153. The normalized spacial score (nSPS) is 13.6. The lowest BCUT2D eigenvalue weighted by molar-refractivity contribution is -0.114. The lowest BCUT2D eigenvalue weighted by Crippen LogP contribution is -2.14. The number of ketones is 1. The molecule has 104 valence electrons. The highest BCUT2D eigenvalue weighted by molar-refractivity contribution is 7.99. The summed E-state index contributed by atoms with van der Waals surface area (Å²) in [6.45, 7) is 5.41. The minimum absolute atomic E-state index is 0.153. The summed E-state index contributed by atoms with van der Waals surface area (Å²) in [5.74, 6) is 1.46. The third-order valence-corrected chi connectivity index (χ3v) is 4.35. The van der Waals surface area contributed by atoms with E-state index in [0.717, 1.165) is 29.9 Å². The predicted octanol–water partition coefficient (Wildman–Crippen LogP) is 2.42. The largest absolute Gasteiger partial charge is 0.309 e. The van der Waals surface area contributed by atoms with E-state index in [1.54, 1.807) is 6.92 Å². The van der Waals surface area contributed by atoms with Gasteiger partial charge >= 0.3 is 0 Å². The maximum atomic E-state index is 11.1. The van der Waals surface area contributed by atoms with Crippen molar-refractivity contribution in [2.45, 2.75) is 25.5 Å². The van der Waals surface area contributed by atoms with E-state index in [1.165, 1.54) is 17.3 Å². The van der Waals surface area contributed by atoms with Gasteiger partial charge in [-0.1, -0.05) is 29.5 Å². The summed E-state index contributed by atoms with van der Waals surface area (Å²) in [6.07, 6.45) is 0. The quantitative estimate of drug-likeness (QED) is 0.809. The van der Waals surface area contributed by atoms with E-state index in [1.807, 2.05) is 0 Å². The van der Waals surface area contributed by atoms with Crippen LogP contribution in [0.25, 0.3) is 0 Å². The van der Waals surface area contributed by atoms with Gasteiger partial charge in [0.25, 0.3) is 0 Å². The van der Waals surface area contributed by atoms with Gasteiger partial charge in [-0.05, 0) is 26.0 Å². The van der Waals surface area contributed by atoms with Crippen molar-refractivity contribution < 1.29 is 4.79 Å². The van der Waals surface area contributed by atoms with E-state index in [9.17, 15) is 4.79 Å². The van der Waals surface area contributed by atoms with Gasteiger partial charge in [0.2, 0.25) is 5.95 Å². The molecule has 5 nitrogen and oxygen atoms in total. The Bertz CT molecular complexity index is 635. The Hall–Kier alpha value is -1.82. The Morgan fingerprint density at radius 1 is 1.25 bits per heavy atom. The standard InChI is InChI=1S/C14H16N4OS/c1-10-3-5-12(6-4-10)17-7-8-18-13(17)15-16-14(18)20-9-11(2)19/h3-6H,7-9H2,1-2H3. The molecule has 6 heteroatoms. The number of thioether (sulfide) groups is 1. The number of fused-ring (bicyclic) bond motifs is 1. The third kappa shape index (κ3) is 2.43. The fraction of sp³-hybridized carbons (Fsp3) is 0.357. The van der Waals surface area contributed by atoms with Crippen molar-refractivity contribution in [3.63, 3.8) is 0 Å². The number of hydrogen-bond donors (Lipinski definition) is 0. The molecule has 3 rings (SSSR count). The second-order valence-corrected chi connectivity index (χ2v) is 5.85. The van der Waals surface area contributed by atoms with Gasteiger partial charge in [-0.25, -0.2) is 0 Å². The molecule has 0 N–H and O–H groups in total. The van der Waals surface area contributed by atoms with Crippen molar-refractivity contribution in [1.29, 1.82) is 0 Å². The molecule has 0 fully saturated rings. The molecular formula is C14H16N4OS. The van der Waals surface area contributed by atoms with Crippen molar-refractivity contribution in [1.82, 2.24) is 14.8 Å². The Balaban J connectivity index is 1.84. The summed E-state index contributed by atoms with van der Waals surface area (Å²) in [6, 6.07) is 8.39. The van der Waals surface area contributed by atoms with Crippen molar-refractivity contribution in [2.75, 3.05) is 17.2 Å². The number of aryl methyl sites for hydroxylation is 1. The van der Waals surface area contributed by atoms with Crippen LogP contribution in [0.3, 0.4) is 0 Å². The molecule has 1 aromatic heterocycles. The highest BCUT2D eigenvalue weighted by Gasteiger charge is 2.25. The summed E-state index contributed by atoms with van der Waals surface area (Å²) in [5.41, 5.74) is 2.37. The molecule has 1 aliphatic rings. The molecule has 2 heterocycles. The maximum Gasteiger partial charge on any atom is 0.232 e. The van der Waals surface area contributed by atoms with Crippen LogP contribution in [0.5, 0.6) is 0 Å². The Morgan fingerprint density at radius 3 is 2.70 bits per heavy atom. The van der Waals surface area contributed by atoms with Gasteiger partial charge in [0.15, 0.2) is 5.16 Å². The van der Waals surface area contributed by atoms with E-state index in [2.05, 4.69) is 50.9 Å². The highest BCUT2D eigenvalue weighted by Crippen LogP contribution is 2.31. The van der Waals surface area contributed by atoms with E-state index in [-0.39, 0.29) is 5.78 Å².